The molecule has 0 atom stereocenters. The molecule has 1 saturated heterocycles. The number of benzene rings is 2. The highest BCUT2D eigenvalue weighted by Crippen LogP contribution is 2.28. The lowest BCUT2D eigenvalue weighted by Gasteiger charge is -2.10. The number of furan rings is 1. The highest BCUT2D eigenvalue weighted by Gasteiger charge is 2.34. The first-order chi connectivity index (χ1) is 16.7. The van der Waals surface area contributed by atoms with Crippen LogP contribution in [0.5, 0.6) is 5.75 Å². The first-order valence-electron chi connectivity index (χ1n) is 10.3. The quantitative estimate of drug-likeness (QED) is 0.234. The molecule has 35 heavy (non-hydrogen) atoms. The fourth-order valence-corrected chi connectivity index (χ4v) is 3.45. The normalized spacial score (nSPS) is 14.3. The van der Waals surface area contributed by atoms with Crippen LogP contribution in [0, 0.1) is 6.92 Å². The van der Waals surface area contributed by atoms with Crippen molar-refractivity contribution < 1.29 is 33.1 Å². The number of carbonyl (C=O) groups is 4. The molecule has 1 aliphatic rings. The van der Waals surface area contributed by atoms with E-state index in [1.807, 2.05) is 6.92 Å². The van der Waals surface area contributed by atoms with Crippen molar-refractivity contribution in [2.75, 3.05) is 7.11 Å². The first kappa shape index (κ1) is 23.8. The third-order valence-electron chi connectivity index (χ3n) is 5.09. The van der Waals surface area contributed by atoms with Crippen LogP contribution in [0.2, 0.25) is 5.02 Å². The molecule has 0 bridgehead atoms. The maximum atomic E-state index is 12.9. The fraction of sp³-hybridized carbons (Fsp3) is 0.120. The molecule has 178 valence electrons. The average molecular weight is 495 g/mol. The van der Waals surface area contributed by atoms with E-state index in [4.69, 9.17) is 20.8 Å². The zero-order valence-corrected chi connectivity index (χ0v) is 19.4. The molecular formula is C25H19ClN2O7. The van der Waals surface area contributed by atoms with Crippen LogP contribution in [-0.2, 0) is 16.1 Å². The second kappa shape index (κ2) is 9.86. The highest BCUT2D eigenvalue weighted by atomic mass is 35.5. The molecular weight excluding hydrogens is 476 g/mol. The summed E-state index contributed by atoms with van der Waals surface area (Å²) < 4.78 is 15.4. The number of esters is 2. The molecule has 2 aromatic carbocycles. The molecule has 0 radical (unpaired) electrons. The minimum atomic E-state index is -0.683. The van der Waals surface area contributed by atoms with E-state index in [-0.39, 0.29) is 29.5 Å². The zero-order valence-electron chi connectivity index (χ0n) is 18.7. The van der Waals surface area contributed by atoms with Crippen molar-refractivity contribution in [3.63, 3.8) is 0 Å². The minimum Gasteiger partial charge on any atom is -0.463 e. The number of imide groups is 1. The van der Waals surface area contributed by atoms with E-state index < -0.39 is 23.9 Å². The monoisotopic (exact) mass is 494 g/mol. The van der Waals surface area contributed by atoms with Gasteiger partial charge in [0.05, 0.1) is 19.2 Å². The number of carbonyl (C=O) groups excluding carboxylic acids is 4. The highest BCUT2D eigenvalue weighted by molar-refractivity contribution is 6.30. The van der Waals surface area contributed by atoms with Gasteiger partial charge >= 0.3 is 18.0 Å². The Morgan fingerprint density at radius 3 is 2.51 bits per heavy atom. The third-order valence-corrected chi connectivity index (χ3v) is 5.32. The van der Waals surface area contributed by atoms with Crippen molar-refractivity contribution in [2.24, 2.45) is 0 Å². The van der Waals surface area contributed by atoms with Gasteiger partial charge in [0.15, 0.2) is 0 Å². The number of aryl methyl sites for hydroxylation is 1. The van der Waals surface area contributed by atoms with Crippen molar-refractivity contribution in [1.82, 2.24) is 10.2 Å². The Morgan fingerprint density at radius 1 is 1.06 bits per heavy atom. The van der Waals surface area contributed by atoms with Crippen molar-refractivity contribution in [3.05, 3.63) is 93.5 Å². The van der Waals surface area contributed by atoms with Crippen molar-refractivity contribution in [2.45, 2.75) is 13.5 Å². The Labute approximate surface area is 204 Å². The van der Waals surface area contributed by atoms with Gasteiger partial charge < -0.3 is 19.2 Å². The Hall–Kier alpha value is -4.37. The number of halogens is 1. The van der Waals surface area contributed by atoms with Crippen LogP contribution >= 0.6 is 11.6 Å². The number of nitrogens with one attached hydrogen (secondary N) is 1. The van der Waals surface area contributed by atoms with Gasteiger partial charge in [-0.1, -0.05) is 29.3 Å². The van der Waals surface area contributed by atoms with E-state index in [0.29, 0.717) is 16.1 Å². The molecule has 10 heteroatoms. The molecule has 0 saturated carbocycles. The number of hydrogen-bond acceptors (Lipinski definition) is 7. The maximum Gasteiger partial charge on any atom is 0.373 e. The summed E-state index contributed by atoms with van der Waals surface area (Å²) in [6, 6.07) is 13.6. The molecule has 1 fully saturated rings. The molecule has 2 heterocycles. The Morgan fingerprint density at radius 2 is 1.80 bits per heavy atom. The van der Waals surface area contributed by atoms with Gasteiger partial charge in [0.2, 0.25) is 5.76 Å². The number of methoxy groups -OCH3 is 1. The van der Waals surface area contributed by atoms with Gasteiger partial charge in [-0.05, 0) is 55.5 Å². The summed E-state index contributed by atoms with van der Waals surface area (Å²) in [5, 5.41) is 2.82. The van der Waals surface area contributed by atoms with Gasteiger partial charge in [0.1, 0.15) is 17.2 Å². The summed E-state index contributed by atoms with van der Waals surface area (Å²) in [7, 11) is 1.21. The molecule has 1 aliphatic heterocycles. The predicted molar refractivity (Wildman–Crippen MR) is 125 cm³/mol. The fourth-order valence-electron chi connectivity index (χ4n) is 3.27. The summed E-state index contributed by atoms with van der Waals surface area (Å²) in [4.78, 5) is 50.4. The molecule has 0 aliphatic carbocycles. The Balaban J connectivity index is 1.55. The van der Waals surface area contributed by atoms with Crippen molar-refractivity contribution >= 4 is 41.6 Å². The van der Waals surface area contributed by atoms with E-state index in [0.717, 1.165) is 10.5 Å². The predicted octanol–water partition coefficient (Wildman–Crippen LogP) is 4.34. The summed E-state index contributed by atoms with van der Waals surface area (Å²) in [5.41, 5.74) is 1.61. The molecule has 0 unspecified atom stereocenters. The average Bonchev–Trinajstić information content (AvgIpc) is 3.41. The number of urea groups is 1. The number of hydrogen-bond donors (Lipinski definition) is 1. The third kappa shape index (κ3) is 5.25. The van der Waals surface area contributed by atoms with E-state index in [1.54, 1.807) is 30.3 Å². The SMILES string of the molecule is COC(=O)c1ccc(CN2C(=O)N/C(=C\c3cc(Cl)ccc3OC(=O)c3ccc(C)cc3)C2=O)o1. The molecule has 4 rings (SSSR count). The lowest BCUT2D eigenvalue weighted by atomic mass is 10.1. The molecule has 1 N–H and O–H groups in total. The van der Waals surface area contributed by atoms with Crippen LogP contribution in [-0.4, -0.2) is 35.9 Å². The van der Waals surface area contributed by atoms with Crippen LogP contribution in [0.4, 0.5) is 4.79 Å². The van der Waals surface area contributed by atoms with Crippen LogP contribution in [0.25, 0.3) is 6.08 Å². The van der Waals surface area contributed by atoms with E-state index >= 15 is 0 Å². The Bertz CT molecular complexity index is 1360. The topological polar surface area (TPSA) is 115 Å². The second-order valence-corrected chi connectivity index (χ2v) is 8.01. The zero-order chi connectivity index (χ0) is 25.1. The number of rotatable bonds is 6. The van der Waals surface area contributed by atoms with Crippen LogP contribution in [0.3, 0.4) is 0 Å². The van der Waals surface area contributed by atoms with Gasteiger partial charge in [0.25, 0.3) is 5.91 Å². The van der Waals surface area contributed by atoms with Crippen molar-refractivity contribution in [1.29, 1.82) is 0 Å². The molecule has 9 nitrogen and oxygen atoms in total. The van der Waals surface area contributed by atoms with Gasteiger partial charge in [0, 0.05) is 10.6 Å². The summed E-state index contributed by atoms with van der Waals surface area (Å²) >= 11 is 6.11. The lowest BCUT2D eigenvalue weighted by molar-refractivity contribution is -0.123. The van der Waals surface area contributed by atoms with Crippen LogP contribution in [0.1, 0.15) is 37.8 Å². The standard InChI is InChI=1S/C25H19ClN2O7/c1-14-3-5-15(6-4-14)23(30)35-20-9-7-17(26)11-16(20)12-19-22(29)28(25(32)27-19)13-18-8-10-21(34-18)24(31)33-2/h3-12H,13H2,1-2H3,(H,27,32)/b19-12-. The van der Waals surface area contributed by atoms with Gasteiger partial charge in [-0.2, -0.15) is 0 Å². The number of amides is 3. The van der Waals surface area contributed by atoms with E-state index in [9.17, 15) is 19.2 Å². The number of ether oxygens (including phenoxy) is 2. The van der Waals surface area contributed by atoms with E-state index in [2.05, 4.69) is 10.1 Å². The molecule has 3 amide bonds. The first-order valence-corrected chi connectivity index (χ1v) is 10.7. The summed E-state index contributed by atoms with van der Waals surface area (Å²) in [5.74, 6) is -1.59. The largest absolute Gasteiger partial charge is 0.463 e. The molecule has 3 aromatic rings. The second-order valence-electron chi connectivity index (χ2n) is 7.57. The number of nitrogens with zero attached hydrogens (tertiary/aromatic N) is 1. The maximum absolute atomic E-state index is 12.9. The summed E-state index contributed by atoms with van der Waals surface area (Å²) in [6.45, 7) is 1.70. The smallest absolute Gasteiger partial charge is 0.373 e. The van der Waals surface area contributed by atoms with Gasteiger partial charge in [-0.3, -0.25) is 9.69 Å². The van der Waals surface area contributed by atoms with Crippen LogP contribution < -0.4 is 10.1 Å². The molecule has 0 spiro atoms. The van der Waals surface area contributed by atoms with Gasteiger partial charge in [-0.25, -0.2) is 14.4 Å². The minimum absolute atomic E-state index is 0.0513. The van der Waals surface area contributed by atoms with E-state index in [1.165, 1.54) is 37.5 Å². The van der Waals surface area contributed by atoms with Crippen molar-refractivity contribution in [3.8, 4) is 5.75 Å². The summed E-state index contributed by atoms with van der Waals surface area (Å²) in [6.07, 6.45) is 1.37. The molecule has 1 aromatic heterocycles. The van der Waals surface area contributed by atoms with Crippen LogP contribution in [0.15, 0.2) is 64.7 Å². The lowest BCUT2D eigenvalue weighted by Crippen LogP contribution is -2.30. The Kier molecular flexibility index (Phi) is 6.70. The van der Waals surface area contributed by atoms with Gasteiger partial charge in [-0.15, -0.1) is 0 Å².